The first kappa shape index (κ1) is 13.1. The number of aryl methyl sites for hydroxylation is 1. The van der Waals surface area contributed by atoms with Crippen molar-refractivity contribution in [2.75, 3.05) is 0 Å². The van der Waals surface area contributed by atoms with Gasteiger partial charge in [-0.25, -0.2) is 0 Å². The smallest absolute Gasteiger partial charge is 0.220 e. The Balaban J connectivity index is 1.78. The fourth-order valence-electron chi connectivity index (χ4n) is 1.73. The van der Waals surface area contributed by atoms with Crippen LogP contribution >= 0.6 is 0 Å². The minimum Gasteiger partial charge on any atom is -0.508 e. The van der Waals surface area contributed by atoms with Gasteiger partial charge in [-0.3, -0.25) is 9.78 Å². The van der Waals surface area contributed by atoms with Crippen LogP contribution in [0.25, 0.3) is 0 Å². The molecule has 0 atom stereocenters. The van der Waals surface area contributed by atoms with E-state index in [1.807, 2.05) is 24.3 Å². The first-order valence-electron chi connectivity index (χ1n) is 6.19. The monoisotopic (exact) mass is 256 g/mol. The maximum absolute atomic E-state index is 11.7. The Morgan fingerprint density at radius 2 is 1.95 bits per heavy atom. The van der Waals surface area contributed by atoms with Gasteiger partial charge in [0.2, 0.25) is 5.91 Å². The van der Waals surface area contributed by atoms with Gasteiger partial charge in [-0.15, -0.1) is 0 Å². The van der Waals surface area contributed by atoms with Crippen molar-refractivity contribution in [2.45, 2.75) is 19.4 Å². The van der Waals surface area contributed by atoms with Crippen molar-refractivity contribution in [1.29, 1.82) is 0 Å². The quantitative estimate of drug-likeness (QED) is 0.860. The number of pyridine rings is 1. The van der Waals surface area contributed by atoms with E-state index in [4.69, 9.17) is 0 Å². The maximum atomic E-state index is 11.7. The molecule has 0 bridgehead atoms. The summed E-state index contributed by atoms with van der Waals surface area (Å²) in [5, 5.41) is 12.4. The van der Waals surface area contributed by atoms with Crippen LogP contribution < -0.4 is 5.32 Å². The number of aromatic hydroxyl groups is 1. The zero-order chi connectivity index (χ0) is 13.5. The van der Waals surface area contributed by atoms with Crippen LogP contribution in [0.5, 0.6) is 5.75 Å². The van der Waals surface area contributed by atoms with Crippen LogP contribution in [0.4, 0.5) is 0 Å². The Hall–Kier alpha value is -2.36. The van der Waals surface area contributed by atoms with Crippen molar-refractivity contribution in [3.63, 3.8) is 0 Å². The molecule has 4 nitrogen and oxygen atoms in total. The van der Waals surface area contributed by atoms with Crippen LogP contribution in [0, 0.1) is 0 Å². The number of carbonyl (C=O) groups excluding carboxylic acids is 1. The zero-order valence-electron chi connectivity index (χ0n) is 10.5. The van der Waals surface area contributed by atoms with Crippen molar-refractivity contribution >= 4 is 5.91 Å². The van der Waals surface area contributed by atoms with Crippen LogP contribution in [0.15, 0.2) is 48.7 Å². The van der Waals surface area contributed by atoms with E-state index in [0.717, 1.165) is 5.69 Å². The Kier molecular flexibility index (Phi) is 4.50. The minimum atomic E-state index is -0.0473. The largest absolute Gasteiger partial charge is 0.508 e. The number of phenolic OH excluding ortho intramolecular Hbond substituents is 1. The molecular weight excluding hydrogens is 240 g/mol. The van der Waals surface area contributed by atoms with Crippen LogP contribution in [0.2, 0.25) is 0 Å². The number of para-hydroxylation sites is 1. The van der Waals surface area contributed by atoms with Gasteiger partial charge in [0.1, 0.15) is 5.75 Å². The van der Waals surface area contributed by atoms with E-state index in [1.165, 1.54) is 0 Å². The van der Waals surface area contributed by atoms with Crippen molar-refractivity contribution in [3.05, 3.63) is 59.9 Å². The molecule has 0 aliphatic rings. The van der Waals surface area contributed by atoms with Gasteiger partial charge < -0.3 is 10.4 Å². The molecular formula is C15H16N2O2. The predicted molar refractivity (Wildman–Crippen MR) is 72.5 cm³/mol. The number of rotatable bonds is 5. The lowest BCUT2D eigenvalue weighted by molar-refractivity contribution is -0.121. The summed E-state index contributed by atoms with van der Waals surface area (Å²) < 4.78 is 0. The molecule has 1 heterocycles. The molecule has 0 radical (unpaired) electrons. The third kappa shape index (κ3) is 4.10. The number of benzene rings is 1. The molecule has 0 saturated heterocycles. The zero-order valence-corrected chi connectivity index (χ0v) is 10.5. The van der Waals surface area contributed by atoms with Crippen LogP contribution in [0.3, 0.4) is 0 Å². The summed E-state index contributed by atoms with van der Waals surface area (Å²) in [4.78, 5) is 15.8. The highest BCUT2D eigenvalue weighted by Gasteiger charge is 2.04. The number of carbonyl (C=O) groups is 1. The third-order valence-corrected chi connectivity index (χ3v) is 2.80. The molecule has 2 aromatic rings. The van der Waals surface area contributed by atoms with E-state index in [2.05, 4.69) is 10.3 Å². The first-order chi connectivity index (χ1) is 9.25. The fourth-order valence-corrected chi connectivity index (χ4v) is 1.73. The van der Waals surface area contributed by atoms with Gasteiger partial charge in [-0.1, -0.05) is 24.3 Å². The molecule has 1 amide bonds. The van der Waals surface area contributed by atoms with Gasteiger partial charge >= 0.3 is 0 Å². The molecule has 2 N–H and O–H groups in total. The average molecular weight is 256 g/mol. The average Bonchev–Trinajstić information content (AvgIpc) is 2.45. The molecule has 1 aromatic heterocycles. The molecule has 19 heavy (non-hydrogen) atoms. The van der Waals surface area contributed by atoms with Crippen molar-refractivity contribution in [2.24, 2.45) is 0 Å². The van der Waals surface area contributed by atoms with Gasteiger partial charge in [0.05, 0.1) is 0 Å². The SMILES string of the molecule is O=C(CCc1ccccn1)NCc1ccccc1O. The normalized spacial score (nSPS) is 10.1. The van der Waals surface area contributed by atoms with E-state index in [-0.39, 0.29) is 11.7 Å². The molecule has 1 aromatic carbocycles. The summed E-state index contributed by atoms with van der Waals surface area (Å²) in [5.74, 6) is 0.154. The van der Waals surface area contributed by atoms with Crippen LogP contribution in [-0.2, 0) is 17.8 Å². The standard InChI is InChI=1S/C15H16N2O2/c18-14-7-2-1-5-12(14)11-17-15(19)9-8-13-6-3-4-10-16-13/h1-7,10,18H,8-9,11H2,(H,17,19). The summed E-state index contributed by atoms with van der Waals surface area (Å²) >= 11 is 0. The second-order valence-electron chi connectivity index (χ2n) is 4.23. The van der Waals surface area contributed by atoms with Crippen molar-refractivity contribution in [3.8, 4) is 5.75 Å². The number of phenols is 1. The second kappa shape index (κ2) is 6.54. The predicted octanol–water partition coefficient (Wildman–Crippen LogP) is 2.04. The molecule has 98 valence electrons. The molecule has 0 saturated carbocycles. The number of hydrogen-bond donors (Lipinski definition) is 2. The van der Waals surface area contributed by atoms with Crippen molar-refractivity contribution in [1.82, 2.24) is 10.3 Å². The Labute approximate surface area is 112 Å². The number of nitrogens with zero attached hydrogens (tertiary/aromatic N) is 1. The minimum absolute atomic E-state index is 0.0473. The van der Waals surface area contributed by atoms with Gasteiger partial charge in [0.15, 0.2) is 0 Å². The van der Waals surface area contributed by atoms with Gasteiger partial charge in [0, 0.05) is 30.4 Å². The van der Waals surface area contributed by atoms with E-state index >= 15 is 0 Å². The molecule has 0 unspecified atom stereocenters. The summed E-state index contributed by atoms with van der Waals surface area (Å²) in [6.45, 7) is 0.341. The summed E-state index contributed by atoms with van der Waals surface area (Å²) in [5.41, 5.74) is 1.62. The summed E-state index contributed by atoms with van der Waals surface area (Å²) in [7, 11) is 0. The Morgan fingerprint density at radius 1 is 1.16 bits per heavy atom. The third-order valence-electron chi connectivity index (χ3n) is 2.80. The summed E-state index contributed by atoms with van der Waals surface area (Å²) in [6.07, 6.45) is 2.73. The van der Waals surface area contributed by atoms with E-state index in [0.29, 0.717) is 24.9 Å². The lowest BCUT2D eigenvalue weighted by Gasteiger charge is -2.06. The molecule has 0 fully saturated rings. The lowest BCUT2D eigenvalue weighted by Crippen LogP contribution is -2.23. The highest BCUT2D eigenvalue weighted by Crippen LogP contribution is 2.14. The Morgan fingerprint density at radius 3 is 2.68 bits per heavy atom. The molecule has 0 aliphatic carbocycles. The Bertz CT molecular complexity index is 541. The topological polar surface area (TPSA) is 62.2 Å². The molecule has 0 spiro atoms. The van der Waals surface area contributed by atoms with Gasteiger partial charge in [-0.2, -0.15) is 0 Å². The highest BCUT2D eigenvalue weighted by molar-refractivity contribution is 5.76. The van der Waals surface area contributed by atoms with E-state index in [9.17, 15) is 9.90 Å². The van der Waals surface area contributed by atoms with Crippen molar-refractivity contribution < 1.29 is 9.90 Å². The number of hydrogen-bond acceptors (Lipinski definition) is 3. The highest BCUT2D eigenvalue weighted by atomic mass is 16.3. The summed E-state index contributed by atoms with van der Waals surface area (Å²) in [6, 6.07) is 12.6. The van der Waals surface area contributed by atoms with Gasteiger partial charge in [-0.05, 0) is 24.6 Å². The maximum Gasteiger partial charge on any atom is 0.220 e. The first-order valence-corrected chi connectivity index (χ1v) is 6.19. The van der Waals surface area contributed by atoms with E-state index < -0.39 is 0 Å². The fraction of sp³-hybridized carbons (Fsp3) is 0.200. The second-order valence-corrected chi connectivity index (χ2v) is 4.23. The molecule has 2 rings (SSSR count). The van der Waals surface area contributed by atoms with E-state index in [1.54, 1.807) is 24.4 Å². The lowest BCUT2D eigenvalue weighted by atomic mass is 10.2. The van der Waals surface area contributed by atoms with Gasteiger partial charge in [0.25, 0.3) is 0 Å². The molecule has 4 heteroatoms. The molecule has 0 aliphatic heterocycles. The van der Waals surface area contributed by atoms with Crippen LogP contribution in [0.1, 0.15) is 17.7 Å². The van der Waals surface area contributed by atoms with Crippen LogP contribution in [-0.4, -0.2) is 16.0 Å². The number of nitrogens with one attached hydrogen (secondary N) is 1. The number of amides is 1. The number of aromatic nitrogens is 1.